The molecule has 1 atom stereocenters. The molecular formula is C11H16BrNO3. The van der Waals surface area contributed by atoms with Crippen molar-refractivity contribution in [3.8, 4) is 0 Å². The molecule has 0 aromatic carbocycles. The van der Waals surface area contributed by atoms with E-state index < -0.39 is 4.92 Å². The summed E-state index contributed by atoms with van der Waals surface area (Å²) in [4.78, 5) is 21.6. The third-order valence-electron chi connectivity index (χ3n) is 2.25. The Bertz CT molecular complexity index is 330. The van der Waals surface area contributed by atoms with E-state index in [9.17, 15) is 14.9 Å². The van der Waals surface area contributed by atoms with Gasteiger partial charge < -0.3 is 0 Å². The molecular weight excluding hydrogens is 274 g/mol. The van der Waals surface area contributed by atoms with Gasteiger partial charge in [-0.1, -0.05) is 28.9 Å². The lowest BCUT2D eigenvalue weighted by molar-refractivity contribution is -0.420. The number of hydrogen-bond acceptors (Lipinski definition) is 3. The molecule has 0 bridgehead atoms. The van der Waals surface area contributed by atoms with E-state index in [0.29, 0.717) is 5.33 Å². The first-order chi connectivity index (χ1) is 7.47. The minimum Gasteiger partial charge on any atom is -0.294 e. The van der Waals surface area contributed by atoms with E-state index in [1.54, 1.807) is 13.0 Å². The number of allylic oxidation sites excluding steroid dienone is 3. The number of nitrogens with zero attached hydrogens (tertiary/aromatic N) is 1. The van der Waals surface area contributed by atoms with Crippen LogP contribution < -0.4 is 0 Å². The summed E-state index contributed by atoms with van der Waals surface area (Å²) < 4.78 is 0. The van der Waals surface area contributed by atoms with E-state index in [4.69, 9.17) is 0 Å². The van der Waals surface area contributed by atoms with Gasteiger partial charge in [-0.25, -0.2) is 0 Å². The molecule has 0 aliphatic heterocycles. The summed E-state index contributed by atoms with van der Waals surface area (Å²) in [6.07, 6.45) is 3.86. The molecule has 0 aliphatic carbocycles. The van der Waals surface area contributed by atoms with Crippen LogP contribution in [0.2, 0.25) is 0 Å². The van der Waals surface area contributed by atoms with Gasteiger partial charge in [0.05, 0.1) is 10.5 Å². The van der Waals surface area contributed by atoms with Gasteiger partial charge in [-0.3, -0.25) is 14.9 Å². The third kappa shape index (κ3) is 4.26. The van der Waals surface area contributed by atoms with Gasteiger partial charge in [-0.15, -0.1) is 0 Å². The van der Waals surface area contributed by atoms with Gasteiger partial charge in [0, 0.05) is 5.33 Å². The summed E-state index contributed by atoms with van der Waals surface area (Å²) in [5.41, 5.74) is 0.0747. The first kappa shape index (κ1) is 15.0. The smallest absolute Gasteiger partial charge is 0.275 e. The van der Waals surface area contributed by atoms with Gasteiger partial charge in [0.2, 0.25) is 0 Å². The Morgan fingerprint density at radius 3 is 2.38 bits per heavy atom. The van der Waals surface area contributed by atoms with Crippen molar-refractivity contribution < 1.29 is 9.72 Å². The summed E-state index contributed by atoms with van der Waals surface area (Å²) in [6.45, 7) is 4.88. The first-order valence-corrected chi connectivity index (χ1v) is 6.19. The van der Waals surface area contributed by atoms with Crippen LogP contribution in [0, 0.1) is 16.0 Å². The lowest BCUT2D eigenvalue weighted by Gasteiger charge is -2.07. The van der Waals surface area contributed by atoms with Gasteiger partial charge in [0.1, 0.15) is 0 Å². The SMILES string of the molecule is C/C=C(\C(=C/C(CC)CBr)C(C)=O)[N+](=O)[O-]. The van der Waals surface area contributed by atoms with Crippen LogP contribution in [0.1, 0.15) is 27.2 Å². The van der Waals surface area contributed by atoms with Crippen LogP contribution in [0.4, 0.5) is 0 Å². The molecule has 0 rings (SSSR count). The van der Waals surface area contributed by atoms with E-state index in [1.807, 2.05) is 6.92 Å². The van der Waals surface area contributed by atoms with Gasteiger partial charge in [-0.05, 0) is 32.3 Å². The van der Waals surface area contributed by atoms with Crippen molar-refractivity contribution in [2.75, 3.05) is 5.33 Å². The average molecular weight is 290 g/mol. The molecule has 0 amide bonds. The second kappa shape index (κ2) is 7.33. The molecule has 4 nitrogen and oxygen atoms in total. The molecule has 0 saturated heterocycles. The second-order valence-electron chi connectivity index (χ2n) is 3.39. The average Bonchev–Trinajstić information content (AvgIpc) is 2.23. The fourth-order valence-electron chi connectivity index (χ4n) is 1.25. The molecule has 0 saturated carbocycles. The predicted octanol–water partition coefficient (Wildman–Crippen LogP) is 3.10. The van der Waals surface area contributed by atoms with Crippen LogP contribution in [0.25, 0.3) is 0 Å². The standard InChI is InChI=1S/C11H16BrNO3/c1-4-9(7-12)6-10(8(3)14)11(5-2)13(15)16/h5-6,9H,4,7H2,1-3H3/b10-6-,11-5+. The van der Waals surface area contributed by atoms with Crippen LogP contribution >= 0.6 is 15.9 Å². The number of Topliss-reactive ketones (excluding diaryl/α,β-unsaturated/α-hetero) is 1. The van der Waals surface area contributed by atoms with E-state index in [-0.39, 0.29) is 23.0 Å². The highest BCUT2D eigenvalue weighted by molar-refractivity contribution is 9.09. The van der Waals surface area contributed by atoms with E-state index >= 15 is 0 Å². The molecule has 90 valence electrons. The molecule has 0 radical (unpaired) electrons. The monoisotopic (exact) mass is 289 g/mol. The Hall–Kier alpha value is -0.970. The zero-order valence-electron chi connectivity index (χ0n) is 9.70. The molecule has 0 aromatic rings. The maximum atomic E-state index is 11.4. The number of carbonyl (C=O) groups is 1. The Kier molecular flexibility index (Phi) is 6.88. The minimum atomic E-state index is -0.520. The maximum absolute atomic E-state index is 11.4. The molecule has 1 unspecified atom stereocenters. The van der Waals surface area contributed by atoms with Gasteiger partial charge in [0.25, 0.3) is 5.70 Å². The third-order valence-corrected chi connectivity index (χ3v) is 3.08. The summed E-state index contributed by atoms with van der Waals surface area (Å²) in [7, 11) is 0. The van der Waals surface area contributed by atoms with Gasteiger partial charge in [-0.2, -0.15) is 0 Å². The molecule has 0 spiro atoms. The van der Waals surface area contributed by atoms with Crippen molar-refractivity contribution in [3.63, 3.8) is 0 Å². The zero-order chi connectivity index (χ0) is 12.7. The lowest BCUT2D eigenvalue weighted by atomic mass is 10.0. The fraction of sp³-hybridized carbons (Fsp3) is 0.545. The molecule has 16 heavy (non-hydrogen) atoms. The largest absolute Gasteiger partial charge is 0.294 e. The van der Waals surface area contributed by atoms with Crippen molar-refractivity contribution in [2.24, 2.45) is 5.92 Å². The van der Waals surface area contributed by atoms with Crippen LogP contribution in [-0.2, 0) is 4.79 Å². The molecule has 0 aromatic heterocycles. The molecule has 0 aliphatic rings. The summed E-state index contributed by atoms with van der Waals surface area (Å²) in [6, 6.07) is 0. The highest BCUT2D eigenvalue weighted by Gasteiger charge is 2.21. The highest BCUT2D eigenvalue weighted by atomic mass is 79.9. The number of rotatable bonds is 6. The number of alkyl halides is 1. The van der Waals surface area contributed by atoms with E-state index in [1.165, 1.54) is 13.0 Å². The number of halogens is 1. The molecule has 0 heterocycles. The van der Waals surface area contributed by atoms with Crippen LogP contribution in [0.15, 0.2) is 23.4 Å². The molecule has 5 heteroatoms. The van der Waals surface area contributed by atoms with Crippen molar-refractivity contribution in [3.05, 3.63) is 33.5 Å². The summed E-state index contributed by atoms with van der Waals surface area (Å²) in [5.74, 6) is -0.141. The van der Waals surface area contributed by atoms with E-state index in [0.717, 1.165) is 6.42 Å². The highest BCUT2D eigenvalue weighted by Crippen LogP contribution is 2.18. The topological polar surface area (TPSA) is 60.2 Å². The number of carbonyl (C=O) groups excluding carboxylic acids is 1. The quantitative estimate of drug-likeness (QED) is 0.248. The normalized spacial score (nSPS) is 14.8. The predicted molar refractivity (Wildman–Crippen MR) is 67.1 cm³/mol. The lowest BCUT2D eigenvalue weighted by Crippen LogP contribution is -2.11. The van der Waals surface area contributed by atoms with Crippen LogP contribution in [-0.4, -0.2) is 16.0 Å². The van der Waals surface area contributed by atoms with Crippen LogP contribution in [0.5, 0.6) is 0 Å². The van der Waals surface area contributed by atoms with Crippen molar-refractivity contribution >= 4 is 21.7 Å². The number of nitro groups is 1. The Balaban J connectivity index is 5.30. The van der Waals surface area contributed by atoms with Gasteiger partial charge in [0.15, 0.2) is 5.78 Å². The first-order valence-electron chi connectivity index (χ1n) is 5.07. The van der Waals surface area contributed by atoms with E-state index in [2.05, 4.69) is 15.9 Å². The Morgan fingerprint density at radius 1 is 1.56 bits per heavy atom. The second-order valence-corrected chi connectivity index (χ2v) is 4.04. The van der Waals surface area contributed by atoms with Gasteiger partial charge >= 0.3 is 0 Å². The summed E-state index contributed by atoms with van der Waals surface area (Å²) >= 11 is 3.32. The number of ketones is 1. The van der Waals surface area contributed by atoms with Crippen LogP contribution in [0.3, 0.4) is 0 Å². The summed E-state index contributed by atoms with van der Waals surface area (Å²) in [5, 5.41) is 11.5. The molecule has 0 N–H and O–H groups in total. The van der Waals surface area contributed by atoms with Crippen molar-refractivity contribution in [1.29, 1.82) is 0 Å². The fourth-order valence-corrected chi connectivity index (χ4v) is 1.89. The Morgan fingerprint density at radius 2 is 2.12 bits per heavy atom. The van der Waals surface area contributed by atoms with Crippen molar-refractivity contribution in [1.82, 2.24) is 0 Å². The Labute approximate surface area is 104 Å². The zero-order valence-corrected chi connectivity index (χ0v) is 11.3. The number of hydrogen-bond donors (Lipinski definition) is 0. The van der Waals surface area contributed by atoms with Crippen molar-refractivity contribution in [2.45, 2.75) is 27.2 Å². The maximum Gasteiger partial charge on any atom is 0.275 e. The minimum absolute atomic E-state index is 0.119. The molecule has 0 fully saturated rings.